The number of unbranched alkanes of at least 4 members (excludes halogenated alkanes) is 2. The quantitative estimate of drug-likeness (QED) is 0.311. The average Bonchev–Trinajstić information content (AvgIpc) is 3.28. The fraction of sp³-hybridized carbons (Fsp3) is 0.577. The van der Waals surface area contributed by atoms with Gasteiger partial charge in [0, 0.05) is 21.4 Å². The standard InChI is InChI=1S/C26H36O5S/c1-5-6-7-12-20(27)25-19(18-11-8-9-14-23(18)32-25)16-17-22-21(30-26(2,3)31-22)13-10-15-24(28)29-4/h8-9,11,14,16-17,20-22,27H,5-7,10,12-13,15H2,1-4H3/b17-16+/t20-,21+,22-/m1/s1. The molecule has 0 amide bonds. The van der Waals surface area contributed by atoms with E-state index in [1.165, 1.54) is 11.8 Å². The fourth-order valence-corrected chi connectivity index (χ4v) is 5.43. The van der Waals surface area contributed by atoms with E-state index >= 15 is 0 Å². The first kappa shape index (κ1) is 24.9. The van der Waals surface area contributed by atoms with Gasteiger partial charge in [-0.25, -0.2) is 0 Å². The summed E-state index contributed by atoms with van der Waals surface area (Å²) in [4.78, 5) is 12.5. The van der Waals surface area contributed by atoms with E-state index in [4.69, 9.17) is 14.2 Å². The van der Waals surface area contributed by atoms with Crippen molar-refractivity contribution in [2.75, 3.05) is 7.11 Å². The van der Waals surface area contributed by atoms with Gasteiger partial charge in [-0.3, -0.25) is 4.79 Å². The van der Waals surface area contributed by atoms with Crippen LogP contribution in [0.25, 0.3) is 16.2 Å². The van der Waals surface area contributed by atoms with Crippen LogP contribution >= 0.6 is 11.3 Å². The van der Waals surface area contributed by atoms with E-state index in [-0.39, 0.29) is 18.2 Å². The van der Waals surface area contributed by atoms with Crippen LogP contribution in [0, 0.1) is 0 Å². The Morgan fingerprint density at radius 2 is 2.03 bits per heavy atom. The lowest BCUT2D eigenvalue weighted by Crippen LogP contribution is -2.21. The highest BCUT2D eigenvalue weighted by Crippen LogP contribution is 2.39. The van der Waals surface area contributed by atoms with Crippen molar-refractivity contribution >= 4 is 33.5 Å². The first-order valence-electron chi connectivity index (χ1n) is 11.6. The molecule has 6 heteroatoms. The Bertz CT molecular complexity index is 916. The summed E-state index contributed by atoms with van der Waals surface area (Å²) in [6.45, 7) is 6.00. The molecule has 3 atom stereocenters. The predicted octanol–water partition coefficient (Wildman–Crippen LogP) is 6.39. The summed E-state index contributed by atoms with van der Waals surface area (Å²) in [6, 6.07) is 8.28. The molecular formula is C26H36O5S. The molecule has 0 aliphatic carbocycles. The van der Waals surface area contributed by atoms with Gasteiger partial charge in [-0.15, -0.1) is 11.3 Å². The van der Waals surface area contributed by atoms with Crippen molar-refractivity contribution in [2.45, 2.75) is 89.8 Å². The first-order chi connectivity index (χ1) is 15.3. The van der Waals surface area contributed by atoms with Crippen LogP contribution in [-0.4, -0.2) is 36.2 Å². The molecule has 0 saturated carbocycles. The lowest BCUT2D eigenvalue weighted by atomic mass is 10.0. The van der Waals surface area contributed by atoms with Crippen molar-refractivity contribution in [3.8, 4) is 0 Å². The normalized spacial score (nSPS) is 21.4. The van der Waals surface area contributed by atoms with E-state index in [0.29, 0.717) is 19.3 Å². The minimum absolute atomic E-state index is 0.131. The highest BCUT2D eigenvalue weighted by Gasteiger charge is 2.39. The molecule has 2 heterocycles. The monoisotopic (exact) mass is 460 g/mol. The number of hydrogen-bond acceptors (Lipinski definition) is 6. The molecule has 32 heavy (non-hydrogen) atoms. The molecule has 0 unspecified atom stereocenters. The zero-order chi connectivity index (χ0) is 23.1. The maximum Gasteiger partial charge on any atom is 0.305 e. The number of methoxy groups -OCH3 is 1. The van der Waals surface area contributed by atoms with Crippen LogP contribution in [0.3, 0.4) is 0 Å². The molecule has 1 aromatic heterocycles. The Labute approximate surface area is 195 Å². The second kappa shape index (κ2) is 11.4. The van der Waals surface area contributed by atoms with E-state index < -0.39 is 11.9 Å². The summed E-state index contributed by atoms with van der Waals surface area (Å²) in [5.41, 5.74) is 1.07. The van der Waals surface area contributed by atoms with Gasteiger partial charge in [-0.1, -0.05) is 56.5 Å². The number of aliphatic hydroxyl groups excluding tert-OH is 1. The highest BCUT2D eigenvalue weighted by atomic mass is 32.1. The number of ether oxygens (including phenoxy) is 3. The lowest BCUT2D eigenvalue weighted by molar-refractivity contribution is -0.144. The number of benzene rings is 1. The highest BCUT2D eigenvalue weighted by molar-refractivity contribution is 7.19. The number of thiophene rings is 1. The van der Waals surface area contributed by atoms with Crippen molar-refractivity contribution < 1.29 is 24.1 Å². The van der Waals surface area contributed by atoms with Gasteiger partial charge in [-0.2, -0.15) is 0 Å². The van der Waals surface area contributed by atoms with Crippen LogP contribution in [0.15, 0.2) is 30.3 Å². The van der Waals surface area contributed by atoms with Gasteiger partial charge in [0.1, 0.15) is 6.10 Å². The summed E-state index contributed by atoms with van der Waals surface area (Å²) in [7, 11) is 1.41. The number of carbonyl (C=O) groups excluding carboxylic acids is 1. The third-order valence-electron chi connectivity index (χ3n) is 5.82. The Balaban J connectivity index is 1.80. The molecule has 1 N–H and O–H groups in total. The molecule has 3 rings (SSSR count). The smallest absolute Gasteiger partial charge is 0.305 e. The third kappa shape index (κ3) is 6.41. The zero-order valence-electron chi connectivity index (χ0n) is 19.6. The van der Waals surface area contributed by atoms with E-state index in [9.17, 15) is 9.90 Å². The second-order valence-corrected chi connectivity index (χ2v) is 9.94. The Morgan fingerprint density at radius 1 is 1.25 bits per heavy atom. The van der Waals surface area contributed by atoms with Gasteiger partial charge in [-0.05, 0) is 44.7 Å². The molecular weight excluding hydrogens is 424 g/mol. The fourth-order valence-electron chi connectivity index (χ4n) is 4.21. The lowest BCUT2D eigenvalue weighted by Gasteiger charge is -2.16. The summed E-state index contributed by atoms with van der Waals surface area (Å²) in [6.07, 6.45) is 9.14. The minimum Gasteiger partial charge on any atom is -0.469 e. The minimum atomic E-state index is -0.676. The number of carbonyl (C=O) groups is 1. The number of hydrogen-bond donors (Lipinski definition) is 1. The van der Waals surface area contributed by atoms with Gasteiger partial charge < -0.3 is 19.3 Å². The van der Waals surface area contributed by atoms with Crippen LogP contribution in [-0.2, 0) is 19.0 Å². The number of fused-ring (bicyclic) bond motifs is 1. The van der Waals surface area contributed by atoms with Crippen LogP contribution < -0.4 is 0 Å². The van der Waals surface area contributed by atoms with Crippen molar-refractivity contribution in [3.05, 3.63) is 40.8 Å². The maximum atomic E-state index is 11.5. The van der Waals surface area contributed by atoms with E-state index in [2.05, 4.69) is 25.1 Å². The van der Waals surface area contributed by atoms with Crippen molar-refractivity contribution in [2.24, 2.45) is 0 Å². The van der Waals surface area contributed by atoms with Gasteiger partial charge in [0.2, 0.25) is 0 Å². The van der Waals surface area contributed by atoms with Crippen LogP contribution in [0.2, 0.25) is 0 Å². The van der Waals surface area contributed by atoms with E-state index in [1.54, 1.807) is 11.3 Å². The second-order valence-electron chi connectivity index (χ2n) is 8.85. The SMILES string of the molecule is CCCCC[C@@H](O)c1sc2ccccc2c1/C=C/[C@H]1OC(C)(C)O[C@H]1CCCC(=O)OC. The summed E-state index contributed by atoms with van der Waals surface area (Å²) >= 11 is 1.67. The largest absolute Gasteiger partial charge is 0.469 e. The zero-order valence-corrected chi connectivity index (χ0v) is 20.5. The van der Waals surface area contributed by atoms with E-state index in [1.807, 2.05) is 32.1 Å². The Hall–Kier alpha value is -1.73. The van der Waals surface area contributed by atoms with Gasteiger partial charge in [0.05, 0.1) is 19.3 Å². The first-order valence-corrected chi connectivity index (χ1v) is 12.5. The molecule has 176 valence electrons. The number of rotatable bonds is 11. The molecule has 1 saturated heterocycles. The van der Waals surface area contributed by atoms with Gasteiger partial charge >= 0.3 is 5.97 Å². The summed E-state index contributed by atoms with van der Waals surface area (Å²) < 4.78 is 18.2. The Morgan fingerprint density at radius 3 is 2.78 bits per heavy atom. The molecule has 0 spiro atoms. The van der Waals surface area contributed by atoms with Crippen molar-refractivity contribution in [1.29, 1.82) is 0 Å². The van der Waals surface area contributed by atoms with Gasteiger partial charge in [0.15, 0.2) is 5.79 Å². The molecule has 0 bridgehead atoms. The molecule has 1 aromatic carbocycles. The molecule has 1 aliphatic rings. The van der Waals surface area contributed by atoms with Crippen LogP contribution in [0.1, 0.15) is 82.3 Å². The van der Waals surface area contributed by atoms with Gasteiger partial charge in [0.25, 0.3) is 0 Å². The Kier molecular flexibility index (Phi) is 8.88. The van der Waals surface area contributed by atoms with Crippen LogP contribution in [0.5, 0.6) is 0 Å². The topological polar surface area (TPSA) is 65.0 Å². The molecule has 1 aliphatic heterocycles. The molecule has 0 radical (unpaired) electrons. The number of esters is 1. The van der Waals surface area contributed by atoms with Crippen molar-refractivity contribution in [1.82, 2.24) is 0 Å². The predicted molar refractivity (Wildman–Crippen MR) is 130 cm³/mol. The third-order valence-corrected chi connectivity index (χ3v) is 7.11. The summed E-state index contributed by atoms with van der Waals surface area (Å²) in [5, 5.41) is 12.1. The van der Waals surface area contributed by atoms with E-state index in [0.717, 1.165) is 41.5 Å². The van der Waals surface area contributed by atoms with Crippen molar-refractivity contribution in [3.63, 3.8) is 0 Å². The summed E-state index contributed by atoms with van der Waals surface area (Å²) in [5.74, 6) is -0.883. The van der Waals surface area contributed by atoms with Crippen LogP contribution in [0.4, 0.5) is 0 Å². The number of aliphatic hydroxyl groups is 1. The molecule has 5 nitrogen and oxygen atoms in total. The molecule has 2 aromatic rings. The maximum absolute atomic E-state index is 11.5. The molecule has 1 fully saturated rings. The average molecular weight is 461 g/mol.